The Balaban J connectivity index is 3.08. The third kappa shape index (κ3) is 9.92. The zero-order valence-electron chi connectivity index (χ0n) is 10.6. The highest BCUT2D eigenvalue weighted by atomic mass is 16.1. The summed E-state index contributed by atoms with van der Waals surface area (Å²) < 4.78 is 0. The molecule has 0 fully saturated rings. The largest absolute Gasteiger partial charge is 0.317 e. The van der Waals surface area contributed by atoms with Crippen molar-refractivity contribution < 1.29 is 4.79 Å². The second-order valence-electron chi connectivity index (χ2n) is 4.54. The van der Waals surface area contributed by atoms with Crippen molar-refractivity contribution >= 4 is 5.78 Å². The third-order valence-corrected chi connectivity index (χ3v) is 2.60. The minimum absolute atomic E-state index is 0.219. The van der Waals surface area contributed by atoms with Crippen LogP contribution >= 0.6 is 0 Å². The number of rotatable bonds is 10. The molecule has 0 unspecified atom stereocenters. The van der Waals surface area contributed by atoms with Crippen LogP contribution in [0.3, 0.4) is 0 Å². The van der Waals surface area contributed by atoms with Gasteiger partial charge >= 0.3 is 0 Å². The van der Waals surface area contributed by atoms with E-state index in [1.165, 1.54) is 25.7 Å². The molecule has 0 radical (unpaired) electrons. The van der Waals surface area contributed by atoms with Crippen molar-refractivity contribution in [2.24, 2.45) is 5.92 Å². The zero-order valence-corrected chi connectivity index (χ0v) is 10.6. The monoisotopic (exact) mass is 213 g/mol. The number of hydrogen-bond acceptors (Lipinski definition) is 2. The summed E-state index contributed by atoms with van der Waals surface area (Å²) in [5.74, 6) is 0.635. The summed E-state index contributed by atoms with van der Waals surface area (Å²) >= 11 is 0. The molecule has 0 aromatic rings. The summed E-state index contributed by atoms with van der Waals surface area (Å²) in [6.07, 6.45) is 6.76. The van der Waals surface area contributed by atoms with E-state index < -0.39 is 0 Å². The van der Waals surface area contributed by atoms with Gasteiger partial charge < -0.3 is 5.32 Å². The number of Topliss-reactive ketones (excluding diaryl/α,β-unsaturated/α-hetero) is 1. The molecule has 0 heterocycles. The minimum Gasteiger partial charge on any atom is -0.317 e. The van der Waals surface area contributed by atoms with Crippen LogP contribution < -0.4 is 5.32 Å². The van der Waals surface area contributed by atoms with Gasteiger partial charge in [0.1, 0.15) is 5.78 Å². The van der Waals surface area contributed by atoms with Crippen LogP contribution in [0.25, 0.3) is 0 Å². The number of unbranched alkanes of at least 4 members (excludes halogenated alkanes) is 3. The molecule has 0 aromatic heterocycles. The fraction of sp³-hybridized carbons (Fsp3) is 0.923. The van der Waals surface area contributed by atoms with Gasteiger partial charge in [-0.2, -0.15) is 0 Å². The number of ketones is 1. The van der Waals surface area contributed by atoms with Gasteiger partial charge in [-0.25, -0.2) is 0 Å². The van der Waals surface area contributed by atoms with Crippen molar-refractivity contribution in [3.8, 4) is 0 Å². The predicted octanol–water partition coefficient (Wildman–Crippen LogP) is 3.16. The summed E-state index contributed by atoms with van der Waals surface area (Å²) in [6.45, 7) is 8.41. The van der Waals surface area contributed by atoms with Crippen LogP contribution in [-0.2, 0) is 4.79 Å². The lowest BCUT2D eigenvalue weighted by Gasteiger charge is -2.04. The van der Waals surface area contributed by atoms with Crippen LogP contribution in [0.5, 0.6) is 0 Å². The Morgan fingerprint density at radius 3 is 2.33 bits per heavy atom. The van der Waals surface area contributed by atoms with Gasteiger partial charge in [0.15, 0.2) is 0 Å². The summed E-state index contributed by atoms with van der Waals surface area (Å²) in [5, 5.41) is 3.39. The van der Waals surface area contributed by atoms with Crippen LogP contribution in [0.2, 0.25) is 0 Å². The summed E-state index contributed by atoms with van der Waals surface area (Å²) in [5.41, 5.74) is 0. The molecule has 0 spiro atoms. The van der Waals surface area contributed by atoms with E-state index in [2.05, 4.69) is 12.2 Å². The first-order valence-corrected chi connectivity index (χ1v) is 6.42. The van der Waals surface area contributed by atoms with Gasteiger partial charge in [-0.15, -0.1) is 0 Å². The number of carbonyl (C=O) groups excluding carboxylic acids is 1. The minimum atomic E-state index is 0.219. The first kappa shape index (κ1) is 14.6. The van der Waals surface area contributed by atoms with E-state index in [1.54, 1.807) is 0 Å². The SMILES string of the molecule is CCCNCCCCCCC(=O)C(C)C. The lowest BCUT2D eigenvalue weighted by molar-refractivity contribution is -0.122. The maximum absolute atomic E-state index is 11.3. The van der Waals surface area contributed by atoms with Crippen LogP contribution in [0, 0.1) is 5.92 Å². The van der Waals surface area contributed by atoms with E-state index in [1.807, 2.05) is 13.8 Å². The van der Waals surface area contributed by atoms with Gasteiger partial charge in [0.05, 0.1) is 0 Å². The molecule has 0 amide bonds. The van der Waals surface area contributed by atoms with Crippen molar-refractivity contribution in [2.75, 3.05) is 13.1 Å². The fourth-order valence-electron chi connectivity index (χ4n) is 1.49. The molecule has 0 aliphatic carbocycles. The Hall–Kier alpha value is -0.370. The van der Waals surface area contributed by atoms with Gasteiger partial charge in [-0.05, 0) is 32.4 Å². The molecular formula is C13H27NO. The van der Waals surface area contributed by atoms with Crippen molar-refractivity contribution in [3.05, 3.63) is 0 Å². The quantitative estimate of drug-likeness (QED) is 0.565. The van der Waals surface area contributed by atoms with E-state index in [-0.39, 0.29) is 5.92 Å². The van der Waals surface area contributed by atoms with Gasteiger partial charge in [0.25, 0.3) is 0 Å². The summed E-state index contributed by atoms with van der Waals surface area (Å²) in [6, 6.07) is 0. The Morgan fingerprint density at radius 1 is 1.07 bits per heavy atom. The van der Waals surface area contributed by atoms with Crippen molar-refractivity contribution in [3.63, 3.8) is 0 Å². The highest BCUT2D eigenvalue weighted by Crippen LogP contribution is 2.07. The van der Waals surface area contributed by atoms with Crippen molar-refractivity contribution in [2.45, 2.75) is 59.3 Å². The highest BCUT2D eigenvalue weighted by molar-refractivity contribution is 5.80. The standard InChI is InChI=1S/C13H27NO/c1-4-10-14-11-8-6-5-7-9-13(15)12(2)3/h12,14H,4-11H2,1-3H3. The molecule has 15 heavy (non-hydrogen) atoms. The molecule has 0 saturated heterocycles. The van der Waals surface area contributed by atoms with E-state index in [4.69, 9.17) is 0 Å². The summed E-state index contributed by atoms with van der Waals surface area (Å²) in [4.78, 5) is 11.3. The highest BCUT2D eigenvalue weighted by Gasteiger charge is 2.05. The molecule has 0 atom stereocenters. The van der Waals surface area contributed by atoms with E-state index in [0.29, 0.717) is 5.78 Å². The molecule has 90 valence electrons. The average Bonchev–Trinajstić information content (AvgIpc) is 2.21. The maximum Gasteiger partial charge on any atom is 0.135 e. The van der Waals surface area contributed by atoms with Crippen LogP contribution in [0.15, 0.2) is 0 Å². The molecule has 0 saturated carbocycles. The van der Waals surface area contributed by atoms with E-state index in [0.717, 1.165) is 25.9 Å². The lowest BCUT2D eigenvalue weighted by Crippen LogP contribution is -2.15. The zero-order chi connectivity index (χ0) is 11.5. The normalized spacial score (nSPS) is 10.9. The van der Waals surface area contributed by atoms with Crippen LogP contribution in [0.1, 0.15) is 59.3 Å². The molecule has 2 nitrogen and oxygen atoms in total. The van der Waals surface area contributed by atoms with Crippen LogP contribution in [0.4, 0.5) is 0 Å². The molecule has 0 rings (SSSR count). The fourth-order valence-corrected chi connectivity index (χ4v) is 1.49. The Bertz CT molecular complexity index is 155. The molecule has 0 bridgehead atoms. The molecule has 2 heteroatoms. The van der Waals surface area contributed by atoms with Crippen LogP contribution in [-0.4, -0.2) is 18.9 Å². The van der Waals surface area contributed by atoms with Crippen molar-refractivity contribution in [1.29, 1.82) is 0 Å². The third-order valence-electron chi connectivity index (χ3n) is 2.60. The first-order valence-electron chi connectivity index (χ1n) is 6.42. The van der Waals surface area contributed by atoms with Crippen molar-refractivity contribution in [1.82, 2.24) is 5.32 Å². The number of carbonyl (C=O) groups is 1. The number of hydrogen-bond donors (Lipinski definition) is 1. The molecule has 0 aliphatic heterocycles. The average molecular weight is 213 g/mol. The molecule has 1 N–H and O–H groups in total. The second-order valence-corrected chi connectivity index (χ2v) is 4.54. The number of nitrogens with one attached hydrogen (secondary N) is 1. The van der Waals surface area contributed by atoms with Gasteiger partial charge in [0, 0.05) is 12.3 Å². The molecule has 0 aromatic carbocycles. The molecular weight excluding hydrogens is 186 g/mol. The Kier molecular flexibility index (Phi) is 9.91. The van der Waals surface area contributed by atoms with Gasteiger partial charge in [-0.1, -0.05) is 33.6 Å². The van der Waals surface area contributed by atoms with Gasteiger partial charge in [0.2, 0.25) is 0 Å². The predicted molar refractivity (Wildman–Crippen MR) is 66.1 cm³/mol. The maximum atomic E-state index is 11.3. The summed E-state index contributed by atoms with van der Waals surface area (Å²) in [7, 11) is 0. The lowest BCUT2D eigenvalue weighted by atomic mass is 10.0. The Labute approximate surface area is 94.8 Å². The first-order chi connectivity index (χ1) is 7.18. The Morgan fingerprint density at radius 2 is 1.73 bits per heavy atom. The molecule has 0 aliphatic rings. The second kappa shape index (κ2) is 10.2. The van der Waals surface area contributed by atoms with E-state index >= 15 is 0 Å². The smallest absolute Gasteiger partial charge is 0.135 e. The van der Waals surface area contributed by atoms with Gasteiger partial charge in [-0.3, -0.25) is 4.79 Å². The van der Waals surface area contributed by atoms with E-state index in [9.17, 15) is 4.79 Å². The topological polar surface area (TPSA) is 29.1 Å².